The summed E-state index contributed by atoms with van der Waals surface area (Å²) in [5, 5.41) is 5.07. The van der Waals surface area contributed by atoms with Crippen molar-refractivity contribution in [2.24, 2.45) is 0 Å². The molecule has 0 radical (unpaired) electrons. The molecule has 0 saturated heterocycles. The maximum absolute atomic E-state index is 2.41. The molecule has 0 amide bonds. The Morgan fingerprint density at radius 3 is 1.44 bits per heavy atom. The zero-order chi connectivity index (χ0) is 31.9. The van der Waals surface area contributed by atoms with Crippen LogP contribution in [0, 0.1) is 0 Å². The van der Waals surface area contributed by atoms with E-state index in [1.807, 2.05) is 11.3 Å². The van der Waals surface area contributed by atoms with Gasteiger partial charge in [-0.05, 0) is 98.8 Å². The van der Waals surface area contributed by atoms with Crippen molar-refractivity contribution in [3.05, 3.63) is 188 Å². The van der Waals surface area contributed by atoms with Crippen molar-refractivity contribution in [2.45, 2.75) is 0 Å². The standard InChI is InChI=1S/C46H31NS/c1-3-10-32(11-4-1)34-22-26-40(27-23-34)47(43-15-9-17-45-46(43)42-14-7-8-16-44(42)48-45)41-28-24-35(25-29-41)38-21-19-36-18-20-37(30-39(36)31-38)33-12-5-2-6-13-33/h1-31H. The number of nitrogens with zero attached hydrogens (tertiary/aromatic N) is 1. The first kappa shape index (κ1) is 28.3. The highest BCUT2D eigenvalue weighted by molar-refractivity contribution is 7.26. The monoisotopic (exact) mass is 629 g/mol. The van der Waals surface area contributed by atoms with Crippen LogP contribution in [0.5, 0.6) is 0 Å². The second-order valence-corrected chi connectivity index (χ2v) is 13.3. The number of anilines is 3. The maximum atomic E-state index is 2.41. The van der Waals surface area contributed by atoms with Crippen LogP contribution in [0.2, 0.25) is 0 Å². The fourth-order valence-corrected chi connectivity index (χ4v) is 7.97. The summed E-state index contributed by atoms with van der Waals surface area (Å²) in [5.74, 6) is 0. The lowest BCUT2D eigenvalue weighted by Crippen LogP contribution is -2.10. The zero-order valence-electron chi connectivity index (χ0n) is 26.3. The van der Waals surface area contributed by atoms with Crippen LogP contribution in [0.25, 0.3) is 64.3 Å². The lowest BCUT2D eigenvalue weighted by atomic mass is 9.97. The van der Waals surface area contributed by atoms with Crippen molar-refractivity contribution in [2.75, 3.05) is 4.90 Å². The van der Waals surface area contributed by atoms with Gasteiger partial charge in [0.1, 0.15) is 0 Å². The van der Waals surface area contributed by atoms with Crippen molar-refractivity contribution in [1.29, 1.82) is 0 Å². The second-order valence-electron chi connectivity index (χ2n) is 12.2. The van der Waals surface area contributed by atoms with Gasteiger partial charge in [-0.15, -0.1) is 11.3 Å². The molecule has 0 aliphatic carbocycles. The molecule has 48 heavy (non-hydrogen) atoms. The molecule has 0 unspecified atom stereocenters. The third kappa shape index (κ3) is 5.13. The number of fused-ring (bicyclic) bond motifs is 4. The Morgan fingerprint density at radius 1 is 0.333 bits per heavy atom. The van der Waals surface area contributed by atoms with E-state index in [0.717, 1.165) is 11.4 Å². The molecule has 2 heteroatoms. The molecule has 8 aromatic carbocycles. The Kier molecular flexibility index (Phi) is 7.07. The smallest absolute Gasteiger partial charge is 0.0554 e. The Hall–Kier alpha value is -5.96. The zero-order valence-corrected chi connectivity index (χ0v) is 27.1. The van der Waals surface area contributed by atoms with Crippen LogP contribution in [-0.2, 0) is 0 Å². The fraction of sp³-hybridized carbons (Fsp3) is 0. The molecule has 0 fully saturated rings. The molecule has 9 rings (SSSR count). The van der Waals surface area contributed by atoms with Gasteiger partial charge in [0.25, 0.3) is 0 Å². The number of benzene rings is 8. The molecular formula is C46H31NS. The average molecular weight is 630 g/mol. The number of hydrogen-bond donors (Lipinski definition) is 0. The molecule has 1 nitrogen and oxygen atoms in total. The molecule has 226 valence electrons. The summed E-state index contributed by atoms with van der Waals surface area (Å²) >= 11 is 1.86. The predicted octanol–water partition coefficient (Wildman–Crippen LogP) is 13.7. The summed E-state index contributed by atoms with van der Waals surface area (Å²) in [4.78, 5) is 2.41. The first-order valence-electron chi connectivity index (χ1n) is 16.3. The highest BCUT2D eigenvalue weighted by Crippen LogP contribution is 2.45. The molecule has 9 aromatic rings. The highest BCUT2D eigenvalue weighted by atomic mass is 32.1. The van der Waals surface area contributed by atoms with Gasteiger partial charge in [0.05, 0.1) is 5.69 Å². The van der Waals surface area contributed by atoms with Crippen molar-refractivity contribution in [1.82, 2.24) is 0 Å². The first-order chi connectivity index (χ1) is 23.8. The lowest BCUT2D eigenvalue weighted by molar-refractivity contribution is 1.30. The second kappa shape index (κ2) is 12.0. The summed E-state index contributed by atoms with van der Waals surface area (Å²) in [6.45, 7) is 0. The topological polar surface area (TPSA) is 3.24 Å². The minimum Gasteiger partial charge on any atom is -0.310 e. The SMILES string of the molecule is c1ccc(-c2ccc(N(c3ccc(-c4ccc5ccc(-c6ccccc6)cc5c4)cc3)c3cccc4sc5ccccc5c34)cc2)cc1. The van der Waals surface area contributed by atoms with E-state index in [4.69, 9.17) is 0 Å². The molecule has 0 atom stereocenters. The van der Waals surface area contributed by atoms with Crippen molar-refractivity contribution < 1.29 is 0 Å². The van der Waals surface area contributed by atoms with Gasteiger partial charge in [0.2, 0.25) is 0 Å². The van der Waals surface area contributed by atoms with E-state index in [2.05, 4.69) is 193 Å². The summed E-state index contributed by atoms with van der Waals surface area (Å²) in [7, 11) is 0. The number of rotatable bonds is 6. The molecule has 0 aliphatic heterocycles. The van der Waals surface area contributed by atoms with Crippen LogP contribution in [0.3, 0.4) is 0 Å². The van der Waals surface area contributed by atoms with Gasteiger partial charge in [0.15, 0.2) is 0 Å². The molecule has 0 bridgehead atoms. The van der Waals surface area contributed by atoms with Gasteiger partial charge in [-0.3, -0.25) is 0 Å². The van der Waals surface area contributed by atoms with E-state index < -0.39 is 0 Å². The van der Waals surface area contributed by atoms with E-state index in [1.54, 1.807) is 0 Å². The molecule has 0 saturated carbocycles. The van der Waals surface area contributed by atoms with Gasteiger partial charge in [-0.25, -0.2) is 0 Å². The Balaban J connectivity index is 1.14. The summed E-state index contributed by atoms with van der Waals surface area (Å²) in [6.07, 6.45) is 0. The van der Waals surface area contributed by atoms with Crippen LogP contribution in [0.4, 0.5) is 17.1 Å². The summed E-state index contributed by atoms with van der Waals surface area (Å²) in [6, 6.07) is 68.1. The molecule has 1 heterocycles. The quantitative estimate of drug-likeness (QED) is 0.177. The van der Waals surface area contributed by atoms with E-state index in [-0.39, 0.29) is 0 Å². The third-order valence-electron chi connectivity index (χ3n) is 9.26. The van der Waals surface area contributed by atoms with Crippen molar-refractivity contribution >= 4 is 59.3 Å². The average Bonchev–Trinajstić information content (AvgIpc) is 3.55. The minimum absolute atomic E-state index is 1.13. The summed E-state index contributed by atoms with van der Waals surface area (Å²) < 4.78 is 2.60. The van der Waals surface area contributed by atoms with Gasteiger partial charge in [-0.2, -0.15) is 0 Å². The van der Waals surface area contributed by atoms with Crippen LogP contribution in [-0.4, -0.2) is 0 Å². The fourth-order valence-electron chi connectivity index (χ4n) is 6.84. The number of hydrogen-bond acceptors (Lipinski definition) is 2. The molecule has 0 N–H and O–H groups in total. The van der Waals surface area contributed by atoms with Gasteiger partial charge in [0, 0.05) is 31.5 Å². The molecular weight excluding hydrogens is 599 g/mol. The first-order valence-corrected chi connectivity index (χ1v) is 17.2. The normalized spacial score (nSPS) is 11.3. The largest absolute Gasteiger partial charge is 0.310 e. The van der Waals surface area contributed by atoms with E-state index in [0.29, 0.717) is 0 Å². The van der Waals surface area contributed by atoms with Crippen LogP contribution in [0.1, 0.15) is 0 Å². The maximum Gasteiger partial charge on any atom is 0.0554 e. The molecule has 1 aromatic heterocycles. The Morgan fingerprint density at radius 2 is 0.812 bits per heavy atom. The van der Waals surface area contributed by atoms with Crippen LogP contribution < -0.4 is 4.90 Å². The van der Waals surface area contributed by atoms with Crippen molar-refractivity contribution in [3.8, 4) is 33.4 Å². The van der Waals surface area contributed by atoms with E-state index in [9.17, 15) is 0 Å². The van der Waals surface area contributed by atoms with Gasteiger partial charge < -0.3 is 4.90 Å². The Labute approximate surface area is 284 Å². The highest BCUT2D eigenvalue weighted by Gasteiger charge is 2.18. The lowest BCUT2D eigenvalue weighted by Gasteiger charge is -2.27. The van der Waals surface area contributed by atoms with Crippen LogP contribution in [0.15, 0.2) is 188 Å². The molecule has 0 spiro atoms. The van der Waals surface area contributed by atoms with E-state index in [1.165, 1.54) is 70.0 Å². The number of thiophene rings is 1. The van der Waals surface area contributed by atoms with Crippen LogP contribution >= 0.6 is 11.3 Å². The Bertz CT molecular complexity index is 2530. The summed E-state index contributed by atoms with van der Waals surface area (Å²) in [5.41, 5.74) is 10.7. The predicted molar refractivity (Wildman–Crippen MR) is 208 cm³/mol. The third-order valence-corrected chi connectivity index (χ3v) is 10.4. The van der Waals surface area contributed by atoms with Crippen molar-refractivity contribution in [3.63, 3.8) is 0 Å². The molecule has 0 aliphatic rings. The van der Waals surface area contributed by atoms with Gasteiger partial charge >= 0.3 is 0 Å². The van der Waals surface area contributed by atoms with Gasteiger partial charge in [-0.1, -0.05) is 133 Å². The van der Waals surface area contributed by atoms with E-state index >= 15 is 0 Å². The minimum atomic E-state index is 1.13.